The summed E-state index contributed by atoms with van der Waals surface area (Å²) in [7, 11) is 0. The number of carbonyl (C=O) groups excluding carboxylic acids is 2. The Kier molecular flexibility index (Phi) is 3.69. The standard InChI is InChI=1S/C23H23N3O2/c1-13-5-4-6-19(9-13)25-14(2)10-18(15(25)3)12-24-26-22(27)20-16-7-8-17(11-16)21(20)23(26)28/h4-10,12,16-17,20-21H,11H2,1-3H3/b24-12-/t16-,17-,20-,21-/m0/s1. The molecular formula is C23H23N3O2. The van der Waals surface area contributed by atoms with Crippen molar-refractivity contribution < 1.29 is 9.59 Å². The number of hydrazone groups is 1. The zero-order chi connectivity index (χ0) is 19.6. The first kappa shape index (κ1) is 17.2. The van der Waals surface area contributed by atoms with Crippen molar-refractivity contribution in [1.82, 2.24) is 9.58 Å². The molecule has 142 valence electrons. The van der Waals surface area contributed by atoms with Gasteiger partial charge in [0, 0.05) is 22.6 Å². The normalized spacial score (nSPS) is 28.2. The van der Waals surface area contributed by atoms with Gasteiger partial charge in [-0.2, -0.15) is 10.1 Å². The van der Waals surface area contributed by atoms with E-state index in [4.69, 9.17) is 0 Å². The van der Waals surface area contributed by atoms with Gasteiger partial charge in [-0.05, 0) is 62.8 Å². The van der Waals surface area contributed by atoms with Gasteiger partial charge in [0.1, 0.15) is 0 Å². The van der Waals surface area contributed by atoms with E-state index in [1.807, 2.05) is 26.0 Å². The van der Waals surface area contributed by atoms with Crippen molar-refractivity contribution in [3.05, 3.63) is 65.0 Å². The summed E-state index contributed by atoms with van der Waals surface area (Å²) in [5.74, 6) is -0.291. The maximum atomic E-state index is 12.8. The minimum absolute atomic E-state index is 0.143. The third-order valence-corrected chi connectivity index (χ3v) is 6.49. The number of aromatic nitrogens is 1. The third-order valence-electron chi connectivity index (χ3n) is 6.49. The molecule has 4 atom stereocenters. The van der Waals surface area contributed by atoms with E-state index in [1.54, 1.807) is 6.21 Å². The number of imide groups is 1. The quantitative estimate of drug-likeness (QED) is 0.469. The first-order chi connectivity index (χ1) is 13.5. The van der Waals surface area contributed by atoms with Gasteiger partial charge in [0.25, 0.3) is 11.8 Å². The molecule has 28 heavy (non-hydrogen) atoms. The summed E-state index contributed by atoms with van der Waals surface area (Å²) in [5.41, 5.74) is 5.33. The predicted molar refractivity (Wildman–Crippen MR) is 107 cm³/mol. The molecule has 5 nitrogen and oxygen atoms in total. The zero-order valence-corrected chi connectivity index (χ0v) is 16.3. The van der Waals surface area contributed by atoms with E-state index in [0.717, 1.165) is 34.1 Å². The molecule has 2 aliphatic carbocycles. The number of benzene rings is 1. The lowest BCUT2D eigenvalue weighted by Crippen LogP contribution is -2.28. The van der Waals surface area contributed by atoms with Gasteiger partial charge in [-0.3, -0.25) is 9.59 Å². The molecule has 0 radical (unpaired) electrons. The highest BCUT2D eigenvalue weighted by atomic mass is 16.2. The average molecular weight is 373 g/mol. The second-order valence-corrected chi connectivity index (χ2v) is 8.23. The number of nitrogens with zero attached hydrogens (tertiary/aromatic N) is 3. The van der Waals surface area contributed by atoms with Crippen molar-refractivity contribution in [2.24, 2.45) is 28.8 Å². The van der Waals surface area contributed by atoms with Crippen LogP contribution in [0, 0.1) is 44.4 Å². The van der Waals surface area contributed by atoms with Gasteiger partial charge in [0.15, 0.2) is 0 Å². The second-order valence-electron chi connectivity index (χ2n) is 8.23. The summed E-state index contributed by atoms with van der Waals surface area (Å²) in [5, 5.41) is 5.44. The van der Waals surface area contributed by atoms with Gasteiger partial charge in [-0.25, -0.2) is 0 Å². The van der Waals surface area contributed by atoms with E-state index in [2.05, 4.69) is 46.9 Å². The zero-order valence-electron chi connectivity index (χ0n) is 16.3. The SMILES string of the molecule is Cc1cccc(-n2c(C)cc(/C=N\N3C(=O)[C@@H]4[C@@H](C3=O)[C@H]3C=C[C@H]4C3)c2C)c1. The van der Waals surface area contributed by atoms with Crippen LogP contribution in [0.15, 0.2) is 47.6 Å². The van der Waals surface area contributed by atoms with Crippen LogP contribution in [0.3, 0.4) is 0 Å². The lowest BCUT2D eigenvalue weighted by molar-refractivity contribution is -0.140. The molecule has 2 amide bonds. The van der Waals surface area contributed by atoms with Crippen LogP contribution in [0.2, 0.25) is 0 Å². The molecule has 2 bridgehead atoms. The van der Waals surface area contributed by atoms with Gasteiger partial charge in [0.05, 0.1) is 18.1 Å². The molecule has 2 fully saturated rings. The summed E-state index contributed by atoms with van der Waals surface area (Å²) in [6.07, 6.45) is 6.78. The van der Waals surface area contributed by atoms with Gasteiger partial charge in [0.2, 0.25) is 0 Å². The Bertz CT molecular complexity index is 1030. The molecule has 0 spiro atoms. The van der Waals surface area contributed by atoms with Gasteiger partial charge >= 0.3 is 0 Å². The van der Waals surface area contributed by atoms with Crippen molar-refractivity contribution in [3.63, 3.8) is 0 Å². The average Bonchev–Trinajstić information content (AvgIpc) is 3.39. The van der Waals surface area contributed by atoms with Gasteiger partial charge in [-0.15, -0.1) is 0 Å². The Hall–Kier alpha value is -2.95. The largest absolute Gasteiger partial charge is 0.318 e. The smallest absolute Gasteiger partial charge is 0.254 e. The Labute approximate surface area is 164 Å². The van der Waals surface area contributed by atoms with Crippen LogP contribution < -0.4 is 0 Å². The van der Waals surface area contributed by atoms with Crippen LogP contribution in [0.1, 0.15) is 28.9 Å². The topological polar surface area (TPSA) is 54.7 Å². The number of hydrogen-bond donors (Lipinski definition) is 0. The predicted octanol–water partition coefficient (Wildman–Crippen LogP) is 3.54. The van der Waals surface area contributed by atoms with Gasteiger partial charge < -0.3 is 4.57 Å². The van der Waals surface area contributed by atoms with Crippen LogP contribution in [0.5, 0.6) is 0 Å². The molecule has 5 heteroatoms. The van der Waals surface area contributed by atoms with Crippen molar-refractivity contribution >= 4 is 18.0 Å². The molecule has 2 heterocycles. The number of amides is 2. The fraction of sp³-hybridized carbons (Fsp3) is 0.348. The Balaban J connectivity index is 1.45. The summed E-state index contributed by atoms with van der Waals surface area (Å²) in [6.45, 7) is 6.15. The Morgan fingerprint density at radius 2 is 1.68 bits per heavy atom. The summed E-state index contributed by atoms with van der Waals surface area (Å²) >= 11 is 0. The van der Waals surface area contributed by atoms with Gasteiger partial charge in [-0.1, -0.05) is 24.3 Å². The monoisotopic (exact) mass is 373 g/mol. The lowest BCUT2D eigenvalue weighted by atomic mass is 9.85. The molecule has 5 rings (SSSR count). The molecule has 1 aromatic heterocycles. The van der Waals surface area contributed by atoms with Crippen LogP contribution in [0.25, 0.3) is 5.69 Å². The summed E-state index contributed by atoms with van der Waals surface area (Å²) < 4.78 is 2.17. The summed E-state index contributed by atoms with van der Waals surface area (Å²) in [6, 6.07) is 10.4. The molecule has 1 saturated carbocycles. The molecule has 2 aromatic rings. The van der Waals surface area contributed by atoms with E-state index in [1.165, 1.54) is 5.56 Å². The number of allylic oxidation sites excluding steroid dienone is 2. The molecule has 1 saturated heterocycles. The van der Waals surface area contributed by atoms with E-state index in [-0.39, 0.29) is 35.5 Å². The van der Waals surface area contributed by atoms with E-state index in [9.17, 15) is 9.59 Å². The minimum atomic E-state index is -0.209. The van der Waals surface area contributed by atoms with Crippen molar-refractivity contribution in [3.8, 4) is 5.69 Å². The minimum Gasteiger partial charge on any atom is -0.318 e. The van der Waals surface area contributed by atoms with Crippen molar-refractivity contribution in [2.45, 2.75) is 27.2 Å². The molecule has 3 aliphatic rings. The highest BCUT2D eigenvalue weighted by molar-refractivity contribution is 6.06. The maximum Gasteiger partial charge on any atom is 0.254 e. The molecular weight excluding hydrogens is 350 g/mol. The van der Waals surface area contributed by atoms with Crippen LogP contribution in [-0.4, -0.2) is 27.6 Å². The lowest BCUT2D eigenvalue weighted by Gasteiger charge is -2.13. The first-order valence-corrected chi connectivity index (χ1v) is 9.82. The highest BCUT2D eigenvalue weighted by Gasteiger charge is 2.59. The molecule has 1 aromatic carbocycles. The fourth-order valence-electron chi connectivity index (χ4n) is 5.20. The number of carbonyl (C=O) groups is 2. The van der Waals surface area contributed by atoms with Crippen molar-refractivity contribution in [1.29, 1.82) is 0 Å². The maximum absolute atomic E-state index is 12.8. The third kappa shape index (κ3) is 2.35. The number of aryl methyl sites for hydroxylation is 2. The van der Waals surface area contributed by atoms with Crippen molar-refractivity contribution in [2.75, 3.05) is 0 Å². The Morgan fingerprint density at radius 3 is 2.32 bits per heavy atom. The highest BCUT2D eigenvalue weighted by Crippen LogP contribution is 2.52. The summed E-state index contributed by atoms with van der Waals surface area (Å²) in [4.78, 5) is 25.6. The molecule has 0 unspecified atom stereocenters. The number of hydrogen-bond acceptors (Lipinski definition) is 3. The van der Waals surface area contributed by atoms with E-state index < -0.39 is 0 Å². The second kappa shape index (κ2) is 6.03. The molecule has 1 aliphatic heterocycles. The number of fused-ring (bicyclic) bond motifs is 5. The molecule has 0 N–H and O–H groups in total. The van der Waals surface area contributed by atoms with Crippen LogP contribution in [-0.2, 0) is 9.59 Å². The van der Waals surface area contributed by atoms with E-state index in [0.29, 0.717) is 0 Å². The van der Waals surface area contributed by atoms with Crippen LogP contribution >= 0.6 is 0 Å². The van der Waals surface area contributed by atoms with Crippen LogP contribution in [0.4, 0.5) is 0 Å². The fourth-order valence-corrected chi connectivity index (χ4v) is 5.20. The van der Waals surface area contributed by atoms with E-state index >= 15 is 0 Å². The first-order valence-electron chi connectivity index (χ1n) is 9.82. The number of rotatable bonds is 3. The Morgan fingerprint density at radius 1 is 1.00 bits per heavy atom.